The van der Waals surface area contributed by atoms with Gasteiger partial charge in [-0.05, 0) is 19.1 Å². The summed E-state index contributed by atoms with van der Waals surface area (Å²) in [5.41, 5.74) is 1.10. The molecule has 0 spiro atoms. The van der Waals surface area contributed by atoms with Gasteiger partial charge in [0.2, 0.25) is 0 Å². The summed E-state index contributed by atoms with van der Waals surface area (Å²) in [5.74, 6) is -1.48. The Morgan fingerprint density at radius 2 is 2.35 bits per heavy atom. The first-order chi connectivity index (χ1) is 9.61. The van der Waals surface area contributed by atoms with Crippen molar-refractivity contribution in [2.75, 3.05) is 0 Å². The minimum Gasteiger partial charge on any atom is -0.480 e. The number of nitrogens with zero attached hydrogens (tertiary/aromatic N) is 2. The number of aromatic nitrogens is 3. The summed E-state index contributed by atoms with van der Waals surface area (Å²) in [6.07, 6.45) is 4.95. The van der Waals surface area contributed by atoms with E-state index in [0.717, 1.165) is 0 Å². The van der Waals surface area contributed by atoms with Gasteiger partial charge >= 0.3 is 5.97 Å². The molecular formula is C13H16N4O3. The Labute approximate surface area is 115 Å². The Morgan fingerprint density at radius 3 is 2.95 bits per heavy atom. The molecule has 0 aliphatic heterocycles. The highest BCUT2D eigenvalue weighted by Crippen LogP contribution is 2.05. The molecule has 2 aromatic heterocycles. The summed E-state index contributed by atoms with van der Waals surface area (Å²) < 4.78 is 1.75. The minimum atomic E-state index is -1.08. The zero-order valence-corrected chi connectivity index (χ0v) is 11.0. The maximum atomic E-state index is 12.1. The van der Waals surface area contributed by atoms with Crippen LogP contribution in [0, 0.1) is 0 Å². The number of aliphatic carboxylic acids is 1. The quantitative estimate of drug-likeness (QED) is 0.721. The summed E-state index contributed by atoms with van der Waals surface area (Å²) in [6.45, 7) is 2.56. The second-order valence-electron chi connectivity index (χ2n) is 4.32. The van der Waals surface area contributed by atoms with Crippen LogP contribution in [0.15, 0.2) is 30.9 Å². The monoisotopic (exact) mass is 276 g/mol. The molecule has 20 heavy (non-hydrogen) atoms. The second kappa shape index (κ2) is 6.05. The fraction of sp³-hybridized carbons (Fsp3) is 0.308. The van der Waals surface area contributed by atoms with Crippen LogP contribution >= 0.6 is 0 Å². The van der Waals surface area contributed by atoms with Crippen molar-refractivity contribution in [1.82, 2.24) is 19.9 Å². The van der Waals surface area contributed by atoms with Crippen LogP contribution in [-0.4, -0.2) is 37.6 Å². The van der Waals surface area contributed by atoms with Crippen molar-refractivity contribution in [3.63, 3.8) is 0 Å². The van der Waals surface area contributed by atoms with Gasteiger partial charge in [-0.25, -0.2) is 9.78 Å². The number of hydrogen-bond acceptors (Lipinski definition) is 3. The summed E-state index contributed by atoms with van der Waals surface area (Å²) in [6, 6.07) is 2.42. The topological polar surface area (TPSA) is 100 Å². The van der Waals surface area contributed by atoms with E-state index in [1.54, 1.807) is 22.9 Å². The minimum absolute atomic E-state index is 0.161. The van der Waals surface area contributed by atoms with Crippen molar-refractivity contribution in [3.8, 4) is 0 Å². The molecule has 1 atom stereocenters. The van der Waals surface area contributed by atoms with Crippen LogP contribution in [-0.2, 0) is 17.8 Å². The van der Waals surface area contributed by atoms with Crippen molar-refractivity contribution in [2.45, 2.75) is 25.9 Å². The maximum Gasteiger partial charge on any atom is 0.326 e. The molecule has 2 rings (SSSR count). The normalized spacial score (nSPS) is 12.1. The molecule has 1 amide bonds. The molecule has 0 aliphatic carbocycles. The number of carbonyl (C=O) groups is 2. The van der Waals surface area contributed by atoms with Crippen LogP contribution in [0.3, 0.4) is 0 Å². The molecule has 2 heterocycles. The fourth-order valence-electron chi connectivity index (χ4n) is 1.94. The Morgan fingerprint density at radius 1 is 1.55 bits per heavy atom. The Hall–Kier alpha value is -2.57. The molecular weight excluding hydrogens is 260 g/mol. The summed E-state index contributed by atoms with van der Waals surface area (Å²) in [5, 5.41) is 11.7. The molecule has 0 fully saturated rings. The zero-order valence-electron chi connectivity index (χ0n) is 11.0. The molecule has 0 aliphatic rings. The van der Waals surface area contributed by atoms with E-state index in [2.05, 4.69) is 15.3 Å². The van der Waals surface area contributed by atoms with E-state index in [0.29, 0.717) is 17.9 Å². The second-order valence-corrected chi connectivity index (χ2v) is 4.32. The summed E-state index contributed by atoms with van der Waals surface area (Å²) in [7, 11) is 0. The third kappa shape index (κ3) is 3.05. The highest BCUT2D eigenvalue weighted by atomic mass is 16.4. The van der Waals surface area contributed by atoms with Crippen LogP contribution in [0.4, 0.5) is 0 Å². The third-order valence-electron chi connectivity index (χ3n) is 2.99. The van der Waals surface area contributed by atoms with Crippen molar-refractivity contribution in [3.05, 3.63) is 42.2 Å². The average molecular weight is 276 g/mol. The first kappa shape index (κ1) is 13.9. The van der Waals surface area contributed by atoms with Crippen molar-refractivity contribution >= 4 is 11.9 Å². The Bertz CT molecular complexity index is 589. The van der Waals surface area contributed by atoms with E-state index in [4.69, 9.17) is 0 Å². The van der Waals surface area contributed by atoms with Gasteiger partial charge in [-0.3, -0.25) is 4.79 Å². The number of hydrogen-bond donors (Lipinski definition) is 3. The van der Waals surface area contributed by atoms with E-state index in [1.165, 1.54) is 12.5 Å². The van der Waals surface area contributed by atoms with Gasteiger partial charge in [0, 0.05) is 31.1 Å². The molecule has 0 aromatic carbocycles. The van der Waals surface area contributed by atoms with Gasteiger partial charge in [0.1, 0.15) is 11.7 Å². The van der Waals surface area contributed by atoms with Crippen LogP contribution in [0.1, 0.15) is 23.1 Å². The first-order valence-corrected chi connectivity index (χ1v) is 6.28. The Kier molecular flexibility index (Phi) is 4.19. The lowest BCUT2D eigenvalue weighted by molar-refractivity contribution is -0.139. The molecule has 0 saturated carbocycles. The molecule has 0 radical (unpaired) electrons. The van der Waals surface area contributed by atoms with Gasteiger partial charge in [0.15, 0.2) is 0 Å². The number of imidazole rings is 1. The number of nitrogens with one attached hydrogen (secondary N) is 2. The highest BCUT2D eigenvalue weighted by molar-refractivity contribution is 5.95. The summed E-state index contributed by atoms with van der Waals surface area (Å²) >= 11 is 0. The number of carbonyl (C=O) groups excluding carboxylic acids is 1. The molecule has 0 bridgehead atoms. The van der Waals surface area contributed by atoms with Gasteiger partial charge in [-0.15, -0.1) is 0 Å². The highest BCUT2D eigenvalue weighted by Gasteiger charge is 2.22. The number of rotatable bonds is 6. The zero-order chi connectivity index (χ0) is 14.5. The van der Waals surface area contributed by atoms with Crippen LogP contribution < -0.4 is 5.32 Å². The van der Waals surface area contributed by atoms with E-state index in [9.17, 15) is 14.7 Å². The van der Waals surface area contributed by atoms with Crippen molar-refractivity contribution < 1.29 is 14.7 Å². The molecule has 7 nitrogen and oxygen atoms in total. The summed E-state index contributed by atoms with van der Waals surface area (Å²) in [4.78, 5) is 30.0. The molecule has 7 heteroatoms. The van der Waals surface area contributed by atoms with Gasteiger partial charge in [0.25, 0.3) is 5.91 Å². The predicted octanol–water partition coefficient (Wildman–Crippen LogP) is 0.657. The number of aryl methyl sites for hydroxylation is 1. The van der Waals surface area contributed by atoms with Crippen LogP contribution in [0.2, 0.25) is 0 Å². The van der Waals surface area contributed by atoms with E-state index in [1.807, 2.05) is 6.92 Å². The predicted molar refractivity (Wildman–Crippen MR) is 71.3 cm³/mol. The lowest BCUT2D eigenvalue weighted by Crippen LogP contribution is -2.43. The van der Waals surface area contributed by atoms with Gasteiger partial charge in [-0.2, -0.15) is 0 Å². The van der Waals surface area contributed by atoms with Crippen LogP contribution in [0.5, 0.6) is 0 Å². The van der Waals surface area contributed by atoms with Gasteiger partial charge in [-0.1, -0.05) is 0 Å². The largest absolute Gasteiger partial charge is 0.480 e. The Balaban J connectivity index is 2.08. The smallest absolute Gasteiger partial charge is 0.326 e. The molecule has 0 saturated heterocycles. The van der Waals surface area contributed by atoms with Gasteiger partial charge < -0.3 is 20.0 Å². The SMILES string of the molecule is CCn1cccc1C(=O)NC(Cc1cnc[nH]1)C(=O)O. The number of carboxylic acid groups (broad SMARTS) is 1. The molecule has 106 valence electrons. The van der Waals surface area contributed by atoms with E-state index < -0.39 is 17.9 Å². The lowest BCUT2D eigenvalue weighted by atomic mass is 10.1. The standard InChI is InChI=1S/C13H16N4O3/c1-2-17-5-3-4-11(17)12(18)16-10(13(19)20)6-9-7-14-8-15-9/h3-5,7-8,10H,2,6H2,1H3,(H,14,15)(H,16,18)(H,19,20). The first-order valence-electron chi connectivity index (χ1n) is 6.28. The molecule has 2 aromatic rings. The van der Waals surface area contributed by atoms with Crippen molar-refractivity contribution in [2.24, 2.45) is 0 Å². The third-order valence-corrected chi connectivity index (χ3v) is 2.99. The number of H-pyrrole nitrogens is 1. The van der Waals surface area contributed by atoms with E-state index in [-0.39, 0.29) is 6.42 Å². The number of amides is 1. The molecule has 1 unspecified atom stereocenters. The van der Waals surface area contributed by atoms with Crippen molar-refractivity contribution in [1.29, 1.82) is 0 Å². The number of aromatic amines is 1. The lowest BCUT2D eigenvalue weighted by Gasteiger charge is -2.14. The fourth-order valence-corrected chi connectivity index (χ4v) is 1.94. The average Bonchev–Trinajstić information content (AvgIpc) is 3.08. The van der Waals surface area contributed by atoms with Crippen LogP contribution in [0.25, 0.3) is 0 Å². The maximum absolute atomic E-state index is 12.1. The molecule has 3 N–H and O–H groups in total. The van der Waals surface area contributed by atoms with Gasteiger partial charge in [0.05, 0.1) is 6.33 Å². The number of carboxylic acids is 1. The van der Waals surface area contributed by atoms with E-state index >= 15 is 0 Å².